The minimum atomic E-state index is -0.405. The van der Waals surface area contributed by atoms with E-state index in [4.69, 9.17) is 16.3 Å². The van der Waals surface area contributed by atoms with Gasteiger partial charge in [0.1, 0.15) is 11.8 Å². The van der Waals surface area contributed by atoms with Gasteiger partial charge in [-0.1, -0.05) is 23.7 Å². The molecule has 116 valence electrons. The van der Waals surface area contributed by atoms with Crippen molar-refractivity contribution in [1.82, 2.24) is 0 Å². The second-order valence-electron chi connectivity index (χ2n) is 4.79. The Balaban J connectivity index is 2.00. The van der Waals surface area contributed by atoms with Gasteiger partial charge in [0, 0.05) is 10.7 Å². The summed E-state index contributed by atoms with van der Waals surface area (Å²) in [6, 6.07) is 14.1. The molecule has 0 saturated heterocycles. The predicted molar refractivity (Wildman–Crippen MR) is 90.8 cm³/mol. The highest BCUT2D eigenvalue weighted by Gasteiger charge is 2.14. The molecule has 0 aliphatic carbocycles. The summed E-state index contributed by atoms with van der Waals surface area (Å²) in [4.78, 5) is 12.2. The molecule has 0 aliphatic rings. The van der Waals surface area contributed by atoms with Gasteiger partial charge in [0.15, 0.2) is 0 Å². The van der Waals surface area contributed by atoms with Crippen molar-refractivity contribution in [2.75, 3.05) is 17.2 Å². The smallest absolute Gasteiger partial charge is 0.246 e. The van der Waals surface area contributed by atoms with Crippen molar-refractivity contribution in [3.8, 4) is 5.75 Å². The number of anilines is 2. The summed E-state index contributed by atoms with van der Waals surface area (Å²) in [7, 11) is 0. The van der Waals surface area contributed by atoms with Crippen LogP contribution < -0.4 is 15.4 Å². The Kier molecular flexibility index (Phi) is 5.67. The van der Waals surface area contributed by atoms with Gasteiger partial charge < -0.3 is 15.4 Å². The topological polar surface area (TPSA) is 50.4 Å². The molecule has 0 bridgehead atoms. The predicted octanol–water partition coefficient (Wildman–Crippen LogP) is 4.18. The van der Waals surface area contributed by atoms with Crippen molar-refractivity contribution in [2.45, 2.75) is 19.9 Å². The van der Waals surface area contributed by atoms with Crippen LogP contribution in [0, 0.1) is 0 Å². The summed E-state index contributed by atoms with van der Waals surface area (Å²) in [5.74, 6) is 0.602. The lowest BCUT2D eigenvalue weighted by Crippen LogP contribution is -2.32. The van der Waals surface area contributed by atoms with E-state index >= 15 is 0 Å². The standard InChI is InChI=1S/C17H19ClN2O2/c1-3-22-16-7-5-4-6-15(16)19-12(2)17(21)20-14-10-8-13(18)9-11-14/h4-12,19H,3H2,1-2H3,(H,20,21)/t12-/m0/s1. The van der Waals surface area contributed by atoms with Gasteiger partial charge in [-0.15, -0.1) is 0 Å². The van der Waals surface area contributed by atoms with Crippen LogP contribution in [0.5, 0.6) is 5.75 Å². The summed E-state index contributed by atoms with van der Waals surface area (Å²) >= 11 is 5.83. The molecule has 2 rings (SSSR count). The van der Waals surface area contributed by atoms with Crippen molar-refractivity contribution in [2.24, 2.45) is 0 Å². The molecule has 0 aliphatic heterocycles. The van der Waals surface area contributed by atoms with E-state index in [2.05, 4.69) is 10.6 Å². The zero-order valence-electron chi connectivity index (χ0n) is 12.6. The van der Waals surface area contributed by atoms with E-state index in [1.807, 2.05) is 31.2 Å². The van der Waals surface area contributed by atoms with Gasteiger partial charge in [-0.3, -0.25) is 4.79 Å². The van der Waals surface area contributed by atoms with Crippen LogP contribution in [0.15, 0.2) is 48.5 Å². The van der Waals surface area contributed by atoms with Crippen molar-refractivity contribution >= 4 is 28.9 Å². The summed E-state index contributed by atoms with van der Waals surface area (Å²) in [5, 5.41) is 6.64. The van der Waals surface area contributed by atoms with Crippen molar-refractivity contribution in [3.63, 3.8) is 0 Å². The third-order valence-corrected chi connectivity index (χ3v) is 3.32. The maximum atomic E-state index is 12.2. The minimum absolute atomic E-state index is 0.131. The van der Waals surface area contributed by atoms with E-state index in [0.29, 0.717) is 17.3 Å². The Hall–Kier alpha value is -2.20. The fourth-order valence-corrected chi connectivity index (χ4v) is 2.08. The molecular weight excluding hydrogens is 300 g/mol. The molecule has 22 heavy (non-hydrogen) atoms. The Bertz CT molecular complexity index is 629. The van der Waals surface area contributed by atoms with E-state index in [-0.39, 0.29) is 5.91 Å². The number of ether oxygens (including phenoxy) is 1. The lowest BCUT2D eigenvalue weighted by atomic mass is 10.2. The van der Waals surface area contributed by atoms with Gasteiger partial charge in [0.05, 0.1) is 12.3 Å². The molecular formula is C17H19ClN2O2. The molecule has 0 saturated carbocycles. The second kappa shape index (κ2) is 7.71. The molecule has 0 radical (unpaired) electrons. The molecule has 0 spiro atoms. The van der Waals surface area contributed by atoms with Gasteiger partial charge in [-0.2, -0.15) is 0 Å². The number of para-hydroxylation sites is 2. The van der Waals surface area contributed by atoms with E-state index in [9.17, 15) is 4.79 Å². The molecule has 0 heterocycles. The summed E-state index contributed by atoms with van der Waals surface area (Å²) < 4.78 is 5.54. The number of amides is 1. The van der Waals surface area contributed by atoms with E-state index in [1.54, 1.807) is 31.2 Å². The van der Waals surface area contributed by atoms with Gasteiger partial charge in [0.25, 0.3) is 0 Å². The molecule has 2 N–H and O–H groups in total. The first kappa shape index (κ1) is 16.2. The van der Waals surface area contributed by atoms with Gasteiger partial charge in [-0.25, -0.2) is 0 Å². The van der Waals surface area contributed by atoms with Gasteiger partial charge in [-0.05, 0) is 50.2 Å². The van der Waals surface area contributed by atoms with E-state index in [0.717, 1.165) is 11.4 Å². The van der Waals surface area contributed by atoms with Crippen LogP contribution in [0.1, 0.15) is 13.8 Å². The van der Waals surface area contributed by atoms with Crippen LogP contribution in [-0.2, 0) is 4.79 Å². The lowest BCUT2D eigenvalue weighted by Gasteiger charge is -2.17. The maximum absolute atomic E-state index is 12.2. The highest BCUT2D eigenvalue weighted by Crippen LogP contribution is 2.24. The third-order valence-electron chi connectivity index (χ3n) is 3.06. The fourth-order valence-electron chi connectivity index (χ4n) is 1.95. The molecule has 0 aromatic heterocycles. The van der Waals surface area contributed by atoms with Gasteiger partial charge in [0.2, 0.25) is 5.91 Å². The minimum Gasteiger partial charge on any atom is -0.492 e. The molecule has 4 nitrogen and oxygen atoms in total. The Morgan fingerprint density at radius 2 is 1.86 bits per heavy atom. The van der Waals surface area contributed by atoms with Crippen molar-refractivity contribution < 1.29 is 9.53 Å². The van der Waals surface area contributed by atoms with Gasteiger partial charge >= 0.3 is 0 Å². The van der Waals surface area contributed by atoms with Crippen LogP contribution in [-0.4, -0.2) is 18.6 Å². The number of rotatable bonds is 6. The highest BCUT2D eigenvalue weighted by atomic mass is 35.5. The first-order valence-corrected chi connectivity index (χ1v) is 7.52. The third kappa shape index (κ3) is 4.40. The van der Waals surface area contributed by atoms with Crippen LogP contribution in [0.25, 0.3) is 0 Å². The SMILES string of the molecule is CCOc1ccccc1N[C@@H](C)C(=O)Nc1ccc(Cl)cc1. The summed E-state index contributed by atoms with van der Waals surface area (Å²) in [5.41, 5.74) is 1.50. The van der Waals surface area contributed by atoms with Crippen LogP contribution in [0.4, 0.5) is 11.4 Å². The first-order chi connectivity index (χ1) is 10.6. The average molecular weight is 319 g/mol. The number of nitrogens with one attached hydrogen (secondary N) is 2. The Morgan fingerprint density at radius 3 is 2.55 bits per heavy atom. The average Bonchev–Trinajstić information content (AvgIpc) is 2.51. The molecule has 1 amide bonds. The number of halogens is 1. The lowest BCUT2D eigenvalue weighted by molar-refractivity contribution is -0.116. The zero-order chi connectivity index (χ0) is 15.9. The van der Waals surface area contributed by atoms with Crippen LogP contribution in [0.2, 0.25) is 5.02 Å². The largest absolute Gasteiger partial charge is 0.492 e. The Labute approximate surface area is 135 Å². The number of hydrogen-bond acceptors (Lipinski definition) is 3. The molecule has 0 unspecified atom stereocenters. The van der Waals surface area contributed by atoms with E-state index in [1.165, 1.54) is 0 Å². The second-order valence-corrected chi connectivity index (χ2v) is 5.23. The van der Waals surface area contributed by atoms with Crippen LogP contribution >= 0.6 is 11.6 Å². The summed E-state index contributed by atoms with van der Waals surface area (Å²) in [6.45, 7) is 4.30. The molecule has 2 aromatic rings. The maximum Gasteiger partial charge on any atom is 0.246 e. The van der Waals surface area contributed by atoms with Crippen molar-refractivity contribution in [1.29, 1.82) is 0 Å². The Morgan fingerprint density at radius 1 is 1.18 bits per heavy atom. The monoisotopic (exact) mass is 318 g/mol. The zero-order valence-corrected chi connectivity index (χ0v) is 13.4. The molecule has 1 atom stereocenters. The molecule has 2 aromatic carbocycles. The molecule has 0 fully saturated rings. The number of carbonyl (C=O) groups is 1. The number of carbonyl (C=O) groups excluding carboxylic acids is 1. The first-order valence-electron chi connectivity index (χ1n) is 7.15. The van der Waals surface area contributed by atoms with E-state index < -0.39 is 6.04 Å². The fraction of sp³-hybridized carbons (Fsp3) is 0.235. The number of benzene rings is 2. The highest BCUT2D eigenvalue weighted by molar-refractivity contribution is 6.30. The normalized spacial score (nSPS) is 11.6. The molecule has 5 heteroatoms. The summed E-state index contributed by atoms with van der Waals surface area (Å²) in [6.07, 6.45) is 0. The van der Waals surface area contributed by atoms with Crippen molar-refractivity contribution in [3.05, 3.63) is 53.6 Å². The quantitative estimate of drug-likeness (QED) is 0.840. The number of hydrogen-bond donors (Lipinski definition) is 2. The van der Waals surface area contributed by atoms with Crippen LogP contribution in [0.3, 0.4) is 0 Å².